The molecule has 0 aliphatic carbocycles. The number of halogens is 1. The van der Waals surface area contributed by atoms with Gasteiger partial charge < -0.3 is 10.2 Å². The van der Waals surface area contributed by atoms with Crippen molar-refractivity contribution in [3.8, 4) is 0 Å². The third kappa shape index (κ3) is 1.30. The fourth-order valence-corrected chi connectivity index (χ4v) is 0.726. The van der Waals surface area contributed by atoms with E-state index in [2.05, 4.69) is 0 Å². The van der Waals surface area contributed by atoms with Crippen molar-refractivity contribution in [1.29, 1.82) is 0 Å². The largest absolute Gasteiger partial charge is 0.455 e. The summed E-state index contributed by atoms with van der Waals surface area (Å²) in [6, 6.07) is 3.12. The lowest BCUT2D eigenvalue weighted by Crippen LogP contribution is -2.09. The van der Waals surface area contributed by atoms with Gasteiger partial charge in [-0.25, -0.2) is 0 Å². The molecule has 1 rings (SSSR count). The molecule has 4 heteroatoms. The SMILES string of the molecule is NC(=O)c1ccc(CCl)o1. The van der Waals surface area contributed by atoms with Crippen molar-refractivity contribution in [3.63, 3.8) is 0 Å². The molecule has 0 fully saturated rings. The smallest absolute Gasteiger partial charge is 0.284 e. The highest BCUT2D eigenvalue weighted by atomic mass is 35.5. The molecular formula is C6H6ClNO2. The summed E-state index contributed by atoms with van der Waals surface area (Å²) in [7, 11) is 0. The molecule has 0 radical (unpaired) electrons. The first-order valence-corrected chi connectivity index (χ1v) is 3.22. The molecule has 0 aromatic carbocycles. The summed E-state index contributed by atoms with van der Waals surface area (Å²) in [4.78, 5) is 10.4. The molecule has 1 aromatic rings. The van der Waals surface area contributed by atoms with Gasteiger partial charge in [-0.05, 0) is 12.1 Å². The molecule has 54 valence electrons. The Hall–Kier alpha value is -0.960. The van der Waals surface area contributed by atoms with E-state index < -0.39 is 5.91 Å². The van der Waals surface area contributed by atoms with Crippen LogP contribution in [0.5, 0.6) is 0 Å². The molecule has 2 N–H and O–H groups in total. The topological polar surface area (TPSA) is 56.2 Å². The predicted octanol–water partition coefficient (Wildman–Crippen LogP) is 1.12. The lowest BCUT2D eigenvalue weighted by Gasteiger charge is -1.85. The maximum absolute atomic E-state index is 10.4. The van der Waals surface area contributed by atoms with Crippen LogP contribution in [-0.2, 0) is 5.88 Å². The Morgan fingerprint density at radius 3 is 2.70 bits per heavy atom. The third-order valence-corrected chi connectivity index (χ3v) is 1.30. The summed E-state index contributed by atoms with van der Waals surface area (Å²) < 4.78 is 4.89. The number of carbonyl (C=O) groups excluding carboxylic acids is 1. The highest BCUT2D eigenvalue weighted by molar-refractivity contribution is 6.16. The van der Waals surface area contributed by atoms with Gasteiger partial charge in [0.2, 0.25) is 0 Å². The second kappa shape index (κ2) is 2.75. The average Bonchev–Trinajstić information content (AvgIpc) is 2.34. The van der Waals surface area contributed by atoms with E-state index in [0.29, 0.717) is 5.76 Å². The van der Waals surface area contributed by atoms with Crippen molar-refractivity contribution in [2.45, 2.75) is 5.88 Å². The quantitative estimate of drug-likeness (QED) is 0.658. The van der Waals surface area contributed by atoms with Gasteiger partial charge in [0.15, 0.2) is 5.76 Å². The van der Waals surface area contributed by atoms with Gasteiger partial charge in [-0.3, -0.25) is 4.79 Å². The minimum Gasteiger partial charge on any atom is -0.455 e. The van der Waals surface area contributed by atoms with Crippen LogP contribution in [0.2, 0.25) is 0 Å². The molecule has 0 aliphatic rings. The average molecular weight is 160 g/mol. The summed E-state index contributed by atoms with van der Waals surface area (Å²) in [5, 5.41) is 0. The minimum absolute atomic E-state index is 0.149. The lowest BCUT2D eigenvalue weighted by atomic mass is 10.4. The predicted molar refractivity (Wildman–Crippen MR) is 36.8 cm³/mol. The Morgan fingerprint density at radius 2 is 2.40 bits per heavy atom. The molecule has 1 heterocycles. The van der Waals surface area contributed by atoms with E-state index in [0.717, 1.165) is 0 Å². The summed E-state index contributed by atoms with van der Waals surface area (Å²) in [6.07, 6.45) is 0. The van der Waals surface area contributed by atoms with Crippen molar-refractivity contribution in [2.24, 2.45) is 5.73 Å². The number of alkyl halides is 1. The van der Waals surface area contributed by atoms with Gasteiger partial charge in [-0.15, -0.1) is 11.6 Å². The van der Waals surface area contributed by atoms with Crippen molar-refractivity contribution in [3.05, 3.63) is 23.7 Å². The molecule has 0 atom stereocenters. The number of amides is 1. The van der Waals surface area contributed by atoms with Gasteiger partial charge in [-0.1, -0.05) is 0 Å². The fraction of sp³-hybridized carbons (Fsp3) is 0.167. The van der Waals surface area contributed by atoms with Gasteiger partial charge in [0.05, 0.1) is 5.88 Å². The zero-order valence-electron chi connectivity index (χ0n) is 5.13. The number of rotatable bonds is 2. The van der Waals surface area contributed by atoms with E-state index >= 15 is 0 Å². The molecule has 0 unspecified atom stereocenters. The first kappa shape index (κ1) is 7.15. The highest BCUT2D eigenvalue weighted by Crippen LogP contribution is 2.08. The van der Waals surface area contributed by atoms with Gasteiger partial charge in [0, 0.05) is 0 Å². The van der Waals surface area contributed by atoms with Gasteiger partial charge in [-0.2, -0.15) is 0 Å². The lowest BCUT2D eigenvalue weighted by molar-refractivity contribution is 0.0972. The van der Waals surface area contributed by atoms with Gasteiger partial charge in [0.25, 0.3) is 5.91 Å². The second-order valence-electron chi connectivity index (χ2n) is 1.76. The maximum atomic E-state index is 10.4. The Labute approximate surface area is 62.8 Å². The molecule has 0 aliphatic heterocycles. The Kier molecular flexibility index (Phi) is 1.97. The zero-order valence-corrected chi connectivity index (χ0v) is 5.89. The minimum atomic E-state index is -0.573. The molecule has 0 bridgehead atoms. The van der Waals surface area contributed by atoms with Crippen molar-refractivity contribution < 1.29 is 9.21 Å². The molecule has 3 nitrogen and oxygen atoms in total. The summed E-state index contributed by atoms with van der Waals surface area (Å²) in [6.45, 7) is 0. The van der Waals surface area contributed by atoms with Gasteiger partial charge >= 0.3 is 0 Å². The monoisotopic (exact) mass is 159 g/mol. The van der Waals surface area contributed by atoms with Crippen LogP contribution in [0, 0.1) is 0 Å². The number of hydrogen-bond donors (Lipinski definition) is 1. The van der Waals surface area contributed by atoms with Crippen LogP contribution in [0.4, 0.5) is 0 Å². The van der Waals surface area contributed by atoms with E-state index in [1.807, 2.05) is 0 Å². The van der Waals surface area contributed by atoms with Crippen molar-refractivity contribution in [2.75, 3.05) is 0 Å². The van der Waals surface area contributed by atoms with E-state index in [9.17, 15) is 4.79 Å². The third-order valence-electron chi connectivity index (χ3n) is 1.04. The van der Waals surface area contributed by atoms with E-state index in [1.54, 1.807) is 6.07 Å². The highest BCUT2D eigenvalue weighted by Gasteiger charge is 2.04. The number of primary amides is 1. The zero-order chi connectivity index (χ0) is 7.56. The van der Waals surface area contributed by atoms with Crippen molar-refractivity contribution >= 4 is 17.5 Å². The van der Waals surface area contributed by atoms with Crippen LogP contribution in [0.3, 0.4) is 0 Å². The number of nitrogens with two attached hydrogens (primary N) is 1. The van der Waals surface area contributed by atoms with E-state index in [-0.39, 0.29) is 11.6 Å². The Morgan fingerprint density at radius 1 is 1.70 bits per heavy atom. The molecule has 0 saturated heterocycles. The fourth-order valence-electron chi connectivity index (χ4n) is 0.582. The van der Waals surface area contributed by atoms with Gasteiger partial charge in [0.1, 0.15) is 5.76 Å². The normalized spacial score (nSPS) is 9.70. The molecule has 0 spiro atoms. The molecule has 1 amide bonds. The van der Waals surface area contributed by atoms with Crippen LogP contribution in [0.15, 0.2) is 16.5 Å². The summed E-state index contributed by atoms with van der Waals surface area (Å²) in [5.41, 5.74) is 4.91. The van der Waals surface area contributed by atoms with E-state index in [1.165, 1.54) is 6.07 Å². The number of carbonyl (C=O) groups is 1. The van der Waals surface area contributed by atoms with Crippen LogP contribution in [0.1, 0.15) is 16.3 Å². The molecule has 1 aromatic heterocycles. The molecule has 0 saturated carbocycles. The van der Waals surface area contributed by atoms with Crippen LogP contribution < -0.4 is 5.73 Å². The number of hydrogen-bond acceptors (Lipinski definition) is 2. The standard InChI is InChI=1S/C6H6ClNO2/c7-3-4-1-2-5(10-4)6(8)9/h1-2H,3H2,(H2,8,9). The molecular weight excluding hydrogens is 154 g/mol. The first-order valence-electron chi connectivity index (χ1n) is 2.68. The first-order chi connectivity index (χ1) is 4.74. The summed E-state index contributed by atoms with van der Waals surface area (Å²) >= 11 is 5.40. The van der Waals surface area contributed by atoms with E-state index in [4.69, 9.17) is 21.8 Å². The molecule has 10 heavy (non-hydrogen) atoms. The van der Waals surface area contributed by atoms with Crippen molar-refractivity contribution in [1.82, 2.24) is 0 Å². The maximum Gasteiger partial charge on any atom is 0.284 e. The number of furan rings is 1. The second-order valence-corrected chi connectivity index (χ2v) is 2.03. The Balaban J connectivity index is 2.88. The Bertz CT molecular complexity index is 244. The van der Waals surface area contributed by atoms with Crippen LogP contribution in [0.25, 0.3) is 0 Å². The van der Waals surface area contributed by atoms with Crippen LogP contribution >= 0.6 is 11.6 Å². The summed E-state index contributed by atoms with van der Waals surface area (Å²) in [5.74, 6) is 0.385. The van der Waals surface area contributed by atoms with Crippen LogP contribution in [-0.4, -0.2) is 5.91 Å².